The van der Waals surface area contributed by atoms with Crippen molar-refractivity contribution in [1.82, 2.24) is 4.68 Å². The van der Waals surface area contributed by atoms with Crippen molar-refractivity contribution in [1.29, 1.82) is 0 Å². The Labute approximate surface area is 120 Å². The Morgan fingerprint density at radius 2 is 1.43 bits per heavy atom. The predicted octanol–water partition coefficient (Wildman–Crippen LogP) is 4.41. The largest absolute Gasteiger partial charge is 0.454 e. The summed E-state index contributed by atoms with van der Waals surface area (Å²) in [6.07, 6.45) is 0. The molecule has 0 fully saturated rings. The summed E-state index contributed by atoms with van der Waals surface area (Å²) in [5.74, 6) is 6.32. The number of fused-ring (bicyclic) bond motifs is 7. The van der Waals surface area contributed by atoms with Crippen LogP contribution in [0.1, 0.15) is 0 Å². The van der Waals surface area contributed by atoms with Crippen molar-refractivity contribution in [3.63, 3.8) is 0 Å². The average molecular weight is 272 g/mol. The first-order valence-electron chi connectivity index (χ1n) is 6.93. The summed E-state index contributed by atoms with van der Waals surface area (Å²) < 4.78 is 7.81. The molecule has 0 saturated heterocycles. The molecule has 0 spiro atoms. The third-order valence-electron chi connectivity index (χ3n) is 4.22. The Bertz CT molecular complexity index is 1150. The minimum atomic E-state index is 0.854. The van der Waals surface area contributed by atoms with Gasteiger partial charge < -0.3 is 10.3 Å². The maximum atomic E-state index is 6.32. The molecule has 0 aliphatic rings. The third kappa shape index (κ3) is 1.23. The highest BCUT2D eigenvalue weighted by Crippen LogP contribution is 2.37. The predicted molar refractivity (Wildman–Crippen MR) is 86.9 cm³/mol. The minimum absolute atomic E-state index is 0.854. The summed E-state index contributed by atoms with van der Waals surface area (Å²) in [6, 6.07) is 20.5. The number of aromatic nitrogens is 1. The molecule has 0 radical (unpaired) electrons. The molecule has 0 atom stereocenters. The molecule has 0 aliphatic carbocycles. The summed E-state index contributed by atoms with van der Waals surface area (Å²) in [6.45, 7) is 0. The Morgan fingerprint density at radius 1 is 0.714 bits per heavy atom. The molecule has 5 rings (SSSR count). The summed E-state index contributed by atoms with van der Waals surface area (Å²) >= 11 is 0. The van der Waals surface area contributed by atoms with Crippen LogP contribution >= 0.6 is 0 Å². The van der Waals surface area contributed by atoms with Crippen molar-refractivity contribution in [3.05, 3.63) is 60.7 Å². The number of benzene rings is 3. The van der Waals surface area contributed by atoms with Crippen LogP contribution in [0.2, 0.25) is 0 Å². The quantitative estimate of drug-likeness (QED) is 0.424. The van der Waals surface area contributed by atoms with Gasteiger partial charge in [0.1, 0.15) is 11.1 Å². The van der Waals surface area contributed by atoms with E-state index in [0.29, 0.717) is 0 Å². The number of furan rings is 1. The number of nitrogens with two attached hydrogens (primary N) is 1. The van der Waals surface area contributed by atoms with Crippen LogP contribution in [0.25, 0.3) is 43.7 Å². The molecule has 0 amide bonds. The number of rotatable bonds is 0. The van der Waals surface area contributed by atoms with Crippen molar-refractivity contribution in [3.8, 4) is 0 Å². The fraction of sp³-hybridized carbons (Fsp3) is 0. The van der Waals surface area contributed by atoms with E-state index in [0.717, 1.165) is 43.7 Å². The van der Waals surface area contributed by atoms with Gasteiger partial charge in [-0.15, -0.1) is 0 Å². The molecule has 0 unspecified atom stereocenters. The van der Waals surface area contributed by atoms with E-state index in [4.69, 9.17) is 10.3 Å². The Kier molecular flexibility index (Phi) is 1.84. The van der Waals surface area contributed by atoms with Gasteiger partial charge in [0.2, 0.25) is 0 Å². The van der Waals surface area contributed by atoms with Gasteiger partial charge in [-0.2, -0.15) is 0 Å². The topological polar surface area (TPSA) is 44.1 Å². The first kappa shape index (κ1) is 10.8. The molecule has 21 heavy (non-hydrogen) atoms. The molecule has 3 nitrogen and oxygen atoms in total. The molecule has 2 aromatic heterocycles. The van der Waals surface area contributed by atoms with Gasteiger partial charge in [-0.05, 0) is 18.2 Å². The first-order chi connectivity index (χ1) is 10.3. The highest BCUT2D eigenvalue weighted by molar-refractivity contribution is 6.20. The lowest BCUT2D eigenvalue weighted by molar-refractivity contribution is 0.671. The second-order valence-corrected chi connectivity index (χ2v) is 5.32. The molecular formula is C18H12N2O. The van der Waals surface area contributed by atoms with Crippen molar-refractivity contribution >= 4 is 43.7 Å². The van der Waals surface area contributed by atoms with Crippen LogP contribution < -0.4 is 5.84 Å². The SMILES string of the molecule is Nn1c2ccccc2c2ccc3c4ccccc4oc3c21. The molecule has 0 saturated carbocycles. The van der Waals surface area contributed by atoms with Gasteiger partial charge in [-0.25, -0.2) is 0 Å². The average Bonchev–Trinajstić information content (AvgIpc) is 3.04. The van der Waals surface area contributed by atoms with Crippen LogP contribution in [0.3, 0.4) is 0 Å². The number of hydrogen-bond acceptors (Lipinski definition) is 2. The lowest BCUT2D eigenvalue weighted by Crippen LogP contribution is -2.06. The number of para-hydroxylation sites is 2. The van der Waals surface area contributed by atoms with E-state index in [1.807, 2.05) is 36.4 Å². The fourth-order valence-corrected chi connectivity index (χ4v) is 3.26. The van der Waals surface area contributed by atoms with Crippen molar-refractivity contribution in [2.45, 2.75) is 0 Å². The zero-order valence-corrected chi connectivity index (χ0v) is 11.2. The van der Waals surface area contributed by atoms with E-state index in [1.165, 1.54) is 0 Å². The third-order valence-corrected chi connectivity index (χ3v) is 4.22. The van der Waals surface area contributed by atoms with E-state index in [2.05, 4.69) is 24.3 Å². The fourth-order valence-electron chi connectivity index (χ4n) is 3.26. The Hall–Kier alpha value is -2.94. The van der Waals surface area contributed by atoms with Crippen molar-refractivity contribution < 1.29 is 4.42 Å². The highest BCUT2D eigenvalue weighted by atomic mass is 16.3. The summed E-state index contributed by atoms with van der Waals surface area (Å²) in [7, 11) is 0. The van der Waals surface area contributed by atoms with Gasteiger partial charge in [0.15, 0.2) is 5.58 Å². The van der Waals surface area contributed by atoms with Crippen LogP contribution in [-0.4, -0.2) is 4.68 Å². The standard InChI is InChI=1S/C18H12N2O/c19-20-15-7-3-1-5-11(15)13-9-10-14-12-6-2-4-8-16(12)21-18(14)17(13)20/h1-10H,19H2. The Balaban J connectivity index is 2.14. The van der Waals surface area contributed by atoms with Crippen LogP contribution in [0, 0.1) is 0 Å². The lowest BCUT2D eigenvalue weighted by atomic mass is 10.1. The van der Waals surface area contributed by atoms with E-state index in [-0.39, 0.29) is 0 Å². The summed E-state index contributed by atoms with van der Waals surface area (Å²) in [4.78, 5) is 0. The molecule has 0 bridgehead atoms. The molecule has 2 heterocycles. The first-order valence-corrected chi connectivity index (χ1v) is 6.93. The maximum absolute atomic E-state index is 6.32. The normalized spacial score (nSPS) is 12.0. The lowest BCUT2D eigenvalue weighted by Gasteiger charge is -1.98. The number of nitrogen functional groups attached to an aromatic ring is 1. The van der Waals surface area contributed by atoms with Gasteiger partial charge >= 0.3 is 0 Å². The molecule has 100 valence electrons. The molecule has 2 N–H and O–H groups in total. The smallest absolute Gasteiger partial charge is 0.161 e. The van der Waals surface area contributed by atoms with E-state index in [1.54, 1.807) is 4.68 Å². The highest BCUT2D eigenvalue weighted by Gasteiger charge is 2.15. The Morgan fingerprint density at radius 3 is 2.33 bits per heavy atom. The summed E-state index contributed by atoms with van der Waals surface area (Å²) in [5, 5.41) is 4.50. The molecule has 5 aromatic rings. The maximum Gasteiger partial charge on any atom is 0.161 e. The summed E-state index contributed by atoms with van der Waals surface area (Å²) in [5.41, 5.74) is 3.71. The van der Waals surface area contributed by atoms with Crippen molar-refractivity contribution in [2.75, 3.05) is 5.84 Å². The van der Waals surface area contributed by atoms with Crippen LogP contribution in [0.5, 0.6) is 0 Å². The van der Waals surface area contributed by atoms with Gasteiger partial charge in [-0.1, -0.05) is 42.5 Å². The number of hydrogen-bond donors (Lipinski definition) is 1. The van der Waals surface area contributed by atoms with Gasteiger partial charge in [0, 0.05) is 21.5 Å². The van der Waals surface area contributed by atoms with Gasteiger partial charge in [-0.3, -0.25) is 4.68 Å². The van der Waals surface area contributed by atoms with E-state index < -0.39 is 0 Å². The minimum Gasteiger partial charge on any atom is -0.454 e. The number of nitrogens with zero attached hydrogens (tertiary/aromatic N) is 1. The molecular weight excluding hydrogens is 260 g/mol. The van der Waals surface area contributed by atoms with Gasteiger partial charge in [0.25, 0.3) is 0 Å². The second kappa shape index (κ2) is 3.58. The second-order valence-electron chi connectivity index (χ2n) is 5.32. The van der Waals surface area contributed by atoms with Gasteiger partial charge in [0.05, 0.1) is 5.52 Å². The molecule has 0 aliphatic heterocycles. The zero-order chi connectivity index (χ0) is 14.0. The van der Waals surface area contributed by atoms with Crippen LogP contribution in [0.15, 0.2) is 65.1 Å². The van der Waals surface area contributed by atoms with Crippen molar-refractivity contribution in [2.24, 2.45) is 0 Å². The zero-order valence-electron chi connectivity index (χ0n) is 11.2. The molecule has 3 aromatic carbocycles. The van der Waals surface area contributed by atoms with Crippen LogP contribution in [0.4, 0.5) is 0 Å². The van der Waals surface area contributed by atoms with E-state index in [9.17, 15) is 0 Å². The molecule has 3 heteroatoms. The van der Waals surface area contributed by atoms with E-state index >= 15 is 0 Å². The van der Waals surface area contributed by atoms with Crippen LogP contribution in [-0.2, 0) is 0 Å². The monoisotopic (exact) mass is 272 g/mol.